The van der Waals surface area contributed by atoms with Gasteiger partial charge in [-0.3, -0.25) is 0 Å². The first-order valence-corrected chi connectivity index (χ1v) is 8.15. The van der Waals surface area contributed by atoms with Gasteiger partial charge in [-0.1, -0.05) is 58.4 Å². The van der Waals surface area contributed by atoms with Gasteiger partial charge in [0.15, 0.2) is 0 Å². The lowest BCUT2D eigenvalue weighted by molar-refractivity contribution is 1.25. The second-order valence-electron chi connectivity index (χ2n) is 4.07. The molecule has 0 aliphatic carbocycles. The van der Waals surface area contributed by atoms with Gasteiger partial charge in [-0.15, -0.1) is 11.3 Å². The fourth-order valence-corrected chi connectivity index (χ4v) is 4.34. The number of hydrogen-bond donors (Lipinski definition) is 0. The summed E-state index contributed by atoms with van der Waals surface area (Å²) in [6.45, 7) is 0. The van der Waals surface area contributed by atoms with Gasteiger partial charge in [0.25, 0.3) is 0 Å². The molecule has 0 saturated carbocycles. The topological polar surface area (TPSA) is 0 Å². The Morgan fingerprint density at radius 1 is 0.889 bits per heavy atom. The summed E-state index contributed by atoms with van der Waals surface area (Å²) in [5, 5.41) is 2.60. The van der Waals surface area contributed by atoms with Crippen molar-refractivity contribution in [2.45, 2.75) is 4.83 Å². The number of rotatable bonds is 2. The van der Waals surface area contributed by atoms with Crippen LogP contribution in [0, 0.1) is 0 Å². The van der Waals surface area contributed by atoms with Gasteiger partial charge in [-0.25, -0.2) is 0 Å². The molecule has 1 atom stereocenters. The highest BCUT2D eigenvalue weighted by Crippen LogP contribution is 2.39. The lowest BCUT2D eigenvalue weighted by atomic mass is 10.0. The van der Waals surface area contributed by atoms with Crippen LogP contribution in [0.1, 0.15) is 15.3 Å². The quantitative estimate of drug-likeness (QED) is 0.467. The molecule has 0 saturated heterocycles. The third kappa shape index (κ3) is 2.27. The number of thiophene rings is 1. The summed E-state index contributed by atoms with van der Waals surface area (Å²) >= 11 is 9.11. The molecule has 3 heteroatoms. The lowest BCUT2D eigenvalue weighted by Crippen LogP contribution is -1.90. The predicted molar refractivity (Wildman–Crippen MR) is 86.7 cm³/mol. The van der Waals surface area contributed by atoms with E-state index in [4.69, 9.17) is 0 Å². The molecule has 3 rings (SSSR count). The van der Waals surface area contributed by atoms with Gasteiger partial charge in [-0.2, -0.15) is 0 Å². The fourth-order valence-electron chi connectivity index (χ4n) is 2.09. The predicted octanol–water partition coefficient (Wildman–Crippen LogP) is 6.15. The Hall–Kier alpha value is -0.640. The molecule has 90 valence electrons. The van der Waals surface area contributed by atoms with E-state index in [1.807, 2.05) is 0 Å². The van der Waals surface area contributed by atoms with Crippen LogP contribution in [0.25, 0.3) is 10.8 Å². The maximum absolute atomic E-state index is 3.82. The van der Waals surface area contributed by atoms with E-state index in [-0.39, 0.29) is 4.83 Å². The van der Waals surface area contributed by atoms with Crippen molar-refractivity contribution in [2.75, 3.05) is 0 Å². The van der Waals surface area contributed by atoms with Crippen LogP contribution in [0.4, 0.5) is 0 Å². The van der Waals surface area contributed by atoms with E-state index in [9.17, 15) is 0 Å². The van der Waals surface area contributed by atoms with Crippen LogP contribution in [0.2, 0.25) is 0 Å². The summed E-state index contributed by atoms with van der Waals surface area (Å²) < 4.78 is 1.17. The van der Waals surface area contributed by atoms with Crippen molar-refractivity contribution in [2.24, 2.45) is 0 Å². The van der Waals surface area contributed by atoms with Crippen molar-refractivity contribution in [3.8, 4) is 0 Å². The van der Waals surface area contributed by atoms with E-state index in [0.29, 0.717) is 0 Å². The van der Waals surface area contributed by atoms with E-state index in [1.165, 1.54) is 25.0 Å². The molecule has 0 spiro atoms. The van der Waals surface area contributed by atoms with Crippen LogP contribution in [-0.4, -0.2) is 0 Å². The summed E-state index contributed by atoms with van der Waals surface area (Å²) in [5.41, 5.74) is 1.32. The van der Waals surface area contributed by atoms with Crippen molar-refractivity contribution in [1.82, 2.24) is 0 Å². The number of benzene rings is 2. The SMILES string of the molecule is Brc1ccc(C(Br)c2cccc3ccccc23)s1. The molecule has 1 aromatic heterocycles. The Morgan fingerprint density at radius 2 is 1.67 bits per heavy atom. The molecule has 0 nitrogen and oxygen atoms in total. The third-order valence-corrected chi connectivity index (χ3v) is 5.92. The van der Waals surface area contributed by atoms with Gasteiger partial charge in [0.2, 0.25) is 0 Å². The van der Waals surface area contributed by atoms with Crippen LogP contribution in [0.3, 0.4) is 0 Å². The summed E-state index contributed by atoms with van der Waals surface area (Å²) in [7, 11) is 0. The normalized spacial score (nSPS) is 12.8. The van der Waals surface area contributed by atoms with Crippen LogP contribution in [-0.2, 0) is 0 Å². The first-order chi connectivity index (χ1) is 8.75. The Morgan fingerprint density at radius 3 is 2.44 bits per heavy atom. The number of hydrogen-bond acceptors (Lipinski definition) is 1. The molecular weight excluding hydrogens is 372 g/mol. The molecule has 0 aliphatic rings. The van der Waals surface area contributed by atoms with Crippen molar-refractivity contribution in [3.05, 3.63) is 68.8 Å². The summed E-state index contributed by atoms with van der Waals surface area (Å²) in [6, 6.07) is 19.2. The summed E-state index contributed by atoms with van der Waals surface area (Å²) in [6.07, 6.45) is 0. The van der Waals surface area contributed by atoms with E-state index in [1.54, 1.807) is 11.3 Å². The molecule has 1 heterocycles. The zero-order valence-corrected chi connectivity index (χ0v) is 13.4. The average Bonchev–Trinajstić information content (AvgIpc) is 2.84. The van der Waals surface area contributed by atoms with E-state index in [2.05, 4.69) is 86.5 Å². The van der Waals surface area contributed by atoms with Crippen LogP contribution >= 0.6 is 43.2 Å². The highest BCUT2D eigenvalue weighted by Gasteiger charge is 2.14. The lowest BCUT2D eigenvalue weighted by Gasteiger charge is -2.11. The van der Waals surface area contributed by atoms with Crippen LogP contribution in [0.5, 0.6) is 0 Å². The smallest absolute Gasteiger partial charge is 0.0744 e. The zero-order valence-electron chi connectivity index (χ0n) is 9.44. The van der Waals surface area contributed by atoms with Crippen LogP contribution < -0.4 is 0 Å². The summed E-state index contributed by atoms with van der Waals surface area (Å²) in [5.74, 6) is 0. The van der Waals surface area contributed by atoms with Gasteiger partial charge in [0.05, 0.1) is 8.61 Å². The standard InChI is InChI=1S/C15H10Br2S/c16-14-9-8-13(18-14)15(17)12-7-3-5-10-4-1-2-6-11(10)12/h1-9,15H. The van der Waals surface area contributed by atoms with Crippen molar-refractivity contribution in [3.63, 3.8) is 0 Å². The maximum Gasteiger partial charge on any atom is 0.0744 e. The van der Waals surface area contributed by atoms with Gasteiger partial charge in [0.1, 0.15) is 0 Å². The van der Waals surface area contributed by atoms with Gasteiger partial charge in [-0.05, 0) is 44.4 Å². The molecule has 0 fully saturated rings. The molecule has 18 heavy (non-hydrogen) atoms. The summed E-state index contributed by atoms with van der Waals surface area (Å²) in [4.78, 5) is 1.57. The second kappa shape index (κ2) is 5.16. The highest BCUT2D eigenvalue weighted by molar-refractivity contribution is 9.11. The number of fused-ring (bicyclic) bond motifs is 1. The largest absolute Gasteiger partial charge is 0.132 e. The molecule has 0 aliphatic heterocycles. The third-order valence-electron chi connectivity index (χ3n) is 2.94. The number of halogens is 2. The Kier molecular flexibility index (Phi) is 3.55. The second-order valence-corrected chi connectivity index (χ2v) is 7.48. The zero-order chi connectivity index (χ0) is 12.5. The minimum Gasteiger partial charge on any atom is -0.132 e. The molecule has 0 N–H and O–H groups in total. The first kappa shape index (κ1) is 12.4. The van der Waals surface area contributed by atoms with Gasteiger partial charge in [0, 0.05) is 4.88 Å². The van der Waals surface area contributed by atoms with Crippen molar-refractivity contribution < 1.29 is 0 Å². The Bertz CT molecular complexity index is 682. The van der Waals surface area contributed by atoms with E-state index < -0.39 is 0 Å². The fraction of sp³-hybridized carbons (Fsp3) is 0.0667. The van der Waals surface area contributed by atoms with Gasteiger partial charge < -0.3 is 0 Å². The monoisotopic (exact) mass is 380 g/mol. The Balaban J connectivity index is 2.14. The average molecular weight is 382 g/mol. The van der Waals surface area contributed by atoms with Crippen LogP contribution in [0.15, 0.2) is 58.4 Å². The molecule has 2 aromatic carbocycles. The molecule has 0 amide bonds. The minimum atomic E-state index is 0.250. The van der Waals surface area contributed by atoms with E-state index >= 15 is 0 Å². The molecule has 0 radical (unpaired) electrons. The van der Waals surface area contributed by atoms with Gasteiger partial charge >= 0.3 is 0 Å². The molecule has 3 aromatic rings. The van der Waals surface area contributed by atoms with E-state index in [0.717, 1.165) is 0 Å². The first-order valence-electron chi connectivity index (χ1n) is 5.62. The highest BCUT2D eigenvalue weighted by atomic mass is 79.9. The maximum atomic E-state index is 3.82. The molecule has 0 bridgehead atoms. The Labute approximate surface area is 127 Å². The molecule has 1 unspecified atom stereocenters. The minimum absolute atomic E-state index is 0.250. The number of alkyl halides is 1. The van der Waals surface area contributed by atoms with Crippen molar-refractivity contribution in [1.29, 1.82) is 0 Å². The molecular formula is C15H10Br2S. The van der Waals surface area contributed by atoms with Crippen molar-refractivity contribution >= 4 is 54.0 Å².